The van der Waals surface area contributed by atoms with Gasteiger partial charge in [0, 0.05) is 11.2 Å². The summed E-state index contributed by atoms with van der Waals surface area (Å²) in [5.74, 6) is 0. The standard InChI is InChI=1S/C13H11ClN2OS/c14-10-4-1-3-9(7-10)8-16-6-2-5-11(12(15)18)13(16)17/h1-7H,8H2,(H2,15,18). The number of halogens is 1. The van der Waals surface area contributed by atoms with E-state index in [9.17, 15) is 4.79 Å². The molecule has 1 heterocycles. The predicted molar refractivity (Wildman–Crippen MR) is 77.1 cm³/mol. The lowest BCUT2D eigenvalue weighted by atomic mass is 10.2. The van der Waals surface area contributed by atoms with Gasteiger partial charge in [-0.2, -0.15) is 0 Å². The molecule has 0 saturated carbocycles. The highest BCUT2D eigenvalue weighted by Gasteiger charge is 2.05. The van der Waals surface area contributed by atoms with E-state index in [1.165, 1.54) is 0 Å². The zero-order chi connectivity index (χ0) is 13.1. The summed E-state index contributed by atoms with van der Waals surface area (Å²) in [5.41, 5.74) is 6.61. The first kappa shape index (κ1) is 12.8. The molecule has 92 valence electrons. The fourth-order valence-electron chi connectivity index (χ4n) is 1.68. The van der Waals surface area contributed by atoms with Crippen LogP contribution in [0, 0.1) is 0 Å². The van der Waals surface area contributed by atoms with Gasteiger partial charge in [-0.05, 0) is 29.8 Å². The first-order chi connectivity index (χ1) is 8.58. The number of rotatable bonds is 3. The Balaban J connectivity index is 2.38. The van der Waals surface area contributed by atoms with Crippen LogP contribution in [0.2, 0.25) is 5.02 Å². The van der Waals surface area contributed by atoms with Gasteiger partial charge in [0.05, 0.1) is 12.1 Å². The van der Waals surface area contributed by atoms with Gasteiger partial charge in [0.2, 0.25) is 0 Å². The molecule has 2 aromatic rings. The third kappa shape index (κ3) is 2.78. The van der Waals surface area contributed by atoms with Gasteiger partial charge in [0.1, 0.15) is 4.99 Å². The van der Waals surface area contributed by atoms with Gasteiger partial charge < -0.3 is 10.3 Å². The molecule has 0 amide bonds. The lowest BCUT2D eigenvalue weighted by molar-refractivity contribution is 0.758. The molecule has 2 rings (SSSR count). The zero-order valence-corrected chi connectivity index (χ0v) is 11.0. The number of hydrogen-bond acceptors (Lipinski definition) is 2. The molecule has 2 N–H and O–H groups in total. The van der Waals surface area contributed by atoms with Crippen molar-refractivity contribution in [1.29, 1.82) is 0 Å². The minimum absolute atomic E-state index is 0.112. The molecular weight excluding hydrogens is 268 g/mol. The Morgan fingerprint density at radius 1 is 1.33 bits per heavy atom. The summed E-state index contributed by atoms with van der Waals surface area (Å²) in [5, 5.41) is 0.644. The number of hydrogen-bond donors (Lipinski definition) is 1. The summed E-state index contributed by atoms with van der Waals surface area (Å²) in [4.78, 5) is 12.2. The maximum Gasteiger partial charge on any atom is 0.261 e. The Bertz CT molecular complexity index is 651. The first-order valence-electron chi connectivity index (χ1n) is 5.31. The van der Waals surface area contributed by atoms with Crippen LogP contribution in [-0.2, 0) is 6.54 Å². The minimum atomic E-state index is -0.190. The van der Waals surface area contributed by atoms with Crippen molar-refractivity contribution < 1.29 is 0 Å². The Hall–Kier alpha value is -1.65. The molecule has 0 radical (unpaired) electrons. The van der Waals surface area contributed by atoms with Gasteiger partial charge in [0.25, 0.3) is 5.56 Å². The van der Waals surface area contributed by atoms with E-state index < -0.39 is 0 Å². The number of aromatic nitrogens is 1. The van der Waals surface area contributed by atoms with Crippen molar-refractivity contribution in [3.63, 3.8) is 0 Å². The largest absolute Gasteiger partial charge is 0.389 e. The quantitative estimate of drug-likeness (QED) is 0.876. The van der Waals surface area contributed by atoms with E-state index in [1.54, 1.807) is 29.0 Å². The third-order valence-electron chi connectivity index (χ3n) is 2.53. The molecule has 0 saturated heterocycles. The lowest BCUT2D eigenvalue weighted by Crippen LogP contribution is -2.28. The summed E-state index contributed by atoms with van der Waals surface area (Å²) in [7, 11) is 0. The van der Waals surface area contributed by atoms with Crippen LogP contribution in [0.3, 0.4) is 0 Å². The van der Waals surface area contributed by atoms with Crippen LogP contribution in [-0.4, -0.2) is 9.56 Å². The van der Waals surface area contributed by atoms with Crippen LogP contribution in [0.4, 0.5) is 0 Å². The summed E-state index contributed by atoms with van der Waals surface area (Å²) in [6, 6.07) is 10.7. The molecule has 5 heteroatoms. The predicted octanol–water partition coefficient (Wildman–Crippen LogP) is 2.18. The molecule has 18 heavy (non-hydrogen) atoms. The monoisotopic (exact) mass is 278 g/mol. The van der Waals surface area contributed by atoms with Crippen LogP contribution < -0.4 is 11.3 Å². The number of pyridine rings is 1. The fraction of sp³-hybridized carbons (Fsp3) is 0.0769. The van der Waals surface area contributed by atoms with E-state index in [4.69, 9.17) is 29.6 Å². The SMILES string of the molecule is NC(=S)c1cccn(Cc2cccc(Cl)c2)c1=O. The molecule has 0 aliphatic carbocycles. The van der Waals surface area contributed by atoms with Crippen molar-refractivity contribution in [2.45, 2.75) is 6.54 Å². The Kier molecular flexibility index (Phi) is 3.79. The van der Waals surface area contributed by atoms with E-state index in [2.05, 4.69) is 0 Å². The van der Waals surface area contributed by atoms with Crippen LogP contribution >= 0.6 is 23.8 Å². The molecular formula is C13H11ClN2OS. The zero-order valence-electron chi connectivity index (χ0n) is 9.47. The Labute approximate surface area is 115 Å². The van der Waals surface area contributed by atoms with Gasteiger partial charge >= 0.3 is 0 Å². The molecule has 0 fully saturated rings. The highest BCUT2D eigenvalue weighted by molar-refractivity contribution is 7.80. The molecule has 0 spiro atoms. The van der Waals surface area contributed by atoms with E-state index in [0.29, 0.717) is 17.1 Å². The van der Waals surface area contributed by atoms with Crippen LogP contribution in [0.15, 0.2) is 47.4 Å². The Morgan fingerprint density at radius 2 is 2.11 bits per heavy atom. The normalized spacial score (nSPS) is 10.3. The summed E-state index contributed by atoms with van der Waals surface area (Å²) in [6.07, 6.45) is 1.70. The van der Waals surface area contributed by atoms with Gasteiger partial charge in [-0.15, -0.1) is 0 Å². The molecule has 0 bridgehead atoms. The van der Waals surface area contributed by atoms with Gasteiger partial charge in [0.15, 0.2) is 0 Å². The molecule has 0 aliphatic rings. The smallest absolute Gasteiger partial charge is 0.261 e. The fourth-order valence-corrected chi connectivity index (χ4v) is 2.05. The minimum Gasteiger partial charge on any atom is -0.389 e. The van der Waals surface area contributed by atoms with Crippen molar-refractivity contribution in [2.24, 2.45) is 5.73 Å². The van der Waals surface area contributed by atoms with Crippen LogP contribution in [0.1, 0.15) is 11.1 Å². The van der Waals surface area contributed by atoms with Gasteiger partial charge in [-0.3, -0.25) is 4.79 Å². The van der Waals surface area contributed by atoms with Crippen molar-refractivity contribution in [3.8, 4) is 0 Å². The van der Waals surface area contributed by atoms with Gasteiger partial charge in [-0.25, -0.2) is 0 Å². The summed E-state index contributed by atoms with van der Waals surface area (Å²) >= 11 is 10.7. The second-order valence-corrected chi connectivity index (χ2v) is 4.73. The molecule has 1 aromatic heterocycles. The second-order valence-electron chi connectivity index (χ2n) is 3.85. The van der Waals surface area contributed by atoms with E-state index in [-0.39, 0.29) is 10.5 Å². The maximum absolute atomic E-state index is 12.1. The van der Waals surface area contributed by atoms with Crippen LogP contribution in [0.5, 0.6) is 0 Å². The molecule has 0 atom stereocenters. The molecule has 0 unspecified atom stereocenters. The Morgan fingerprint density at radius 3 is 2.78 bits per heavy atom. The number of benzene rings is 1. The highest BCUT2D eigenvalue weighted by atomic mass is 35.5. The number of nitrogens with zero attached hydrogens (tertiary/aromatic N) is 1. The first-order valence-corrected chi connectivity index (χ1v) is 6.10. The average molecular weight is 279 g/mol. The molecule has 3 nitrogen and oxygen atoms in total. The van der Waals surface area contributed by atoms with Crippen molar-refractivity contribution >= 4 is 28.8 Å². The topological polar surface area (TPSA) is 48.0 Å². The third-order valence-corrected chi connectivity index (χ3v) is 2.98. The van der Waals surface area contributed by atoms with Crippen molar-refractivity contribution in [1.82, 2.24) is 4.57 Å². The van der Waals surface area contributed by atoms with E-state index >= 15 is 0 Å². The highest BCUT2D eigenvalue weighted by Crippen LogP contribution is 2.11. The number of thiocarbonyl (C=S) groups is 1. The van der Waals surface area contributed by atoms with E-state index in [1.807, 2.05) is 18.2 Å². The lowest BCUT2D eigenvalue weighted by Gasteiger charge is -2.07. The molecule has 0 aliphatic heterocycles. The van der Waals surface area contributed by atoms with Gasteiger partial charge in [-0.1, -0.05) is 36.0 Å². The summed E-state index contributed by atoms with van der Waals surface area (Å²) < 4.78 is 1.56. The average Bonchev–Trinajstić information content (AvgIpc) is 2.31. The van der Waals surface area contributed by atoms with Crippen LogP contribution in [0.25, 0.3) is 0 Å². The molecule has 1 aromatic carbocycles. The van der Waals surface area contributed by atoms with Crippen molar-refractivity contribution in [2.75, 3.05) is 0 Å². The summed E-state index contributed by atoms with van der Waals surface area (Å²) in [6.45, 7) is 0.440. The second kappa shape index (κ2) is 5.33. The van der Waals surface area contributed by atoms with E-state index in [0.717, 1.165) is 5.56 Å². The maximum atomic E-state index is 12.1. The van der Waals surface area contributed by atoms with Crippen molar-refractivity contribution in [3.05, 3.63) is 69.1 Å². The number of nitrogens with two attached hydrogens (primary N) is 1.